The van der Waals surface area contributed by atoms with Gasteiger partial charge in [0.05, 0.1) is 12.2 Å². The number of nitrogens with two attached hydrogens (primary N) is 1. The number of aromatic nitrogens is 1. The van der Waals surface area contributed by atoms with Crippen molar-refractivity contribution in [2.75, 3.05) is 39.3 Å². The second kappa shape index (κ2) is 24.3. The molecule has 48 heavy (non-hydrogen) atoms. The lowest BCUT2D eigenvalue weighted by Crippen LogP contribution is -2.48. The first-order valence-electron chi connectivity index (χ1n) is 17.1. The van der Waals surface area contributed by atoms with E-state index < -0.39 is 6.10 Å². The molecule has 1 saturated heterocycles. The third-order valence-electron chi connectivity index (χ3n) is 8.13. The van der Waals surface area contributed by atoms with E-state index in [1.807, 2.05) is 61.7 Å². The quantitative estimate of drug-likeness (QED) is 0.123. The van der Waals surface area contributed by atoms with Crippen LogP contribution in [0.3, 0.4) is 0 Å². The Bertz CT molecular complexity index is 1260. The van der Waals surface area contributed by atoms with Crippen molar-refractivity contribution in [2.24, 2.45) is 11.7 Å². The van der Waals surface area contributed by atoms with Crippen LogP contribution in [0.5, 0.6) is 0 Å². The van der Waals surface area contributed by atoms with E-state index in [9.17, 15) is 19.8 Å². The lowest BCUT2D eigenvalue weighted by molar-refractivity contribution is -0.123. The minimum absolute atomic E-state index is 0.127. The summed E-state index contributed by atoms with van der Waals surface area (Å²) in [6, 6.07) is 22.1. The van der Waals surface area contributed by atoms with Crippen LogP contribution in [0.25, 0.3) is 0 Å². The number of hydrogen-bond acceptors (Lipinski definition) is 7. The number of carbonyl (C=O) groups excluding carboxylic acids is 2. The Morgan fingerprint density at radius 1 is 1.00 bits per heavy atom. The summed E-state index contributed by atoms with van der Waals surface area (Å²) in [4.78, 5) is 30.2. The van der Waals surface area contributed by atoms with Gasteiger partial charge in [-0.3, -0.25) is 24.4 Å². The molecule has 2 aromatic carbocycles. The Kier molecular flexibility index (Phi) is 20.4. The third kappa shape index (κ3) is 16.8. The number of aliphatic hydroxyl groups excluding tert-OH is 2. The number of carbonyl (C=O) groups is 2. The Morgan fingerprint density at radius 3 is 2.12 bits per heavy atom. The number of hydrogen-bond donors (Lipinski definition) is 4. The minimum atomic E-state index is -0.550. The fourth-order valence-electron chi connectivity index (χ4n) is 5.65. The van der Waals surface area contributed by atoms with Gasteiger partial charge in [-0.25, -0.2) is 0 Å². The molecular formula is C39H57N5O4. The molecule has 1 aromatic heterocycles. The molecule has 1 fully saturated rings. The molecule has 0 bridgehead atoms. The van der Waals surface area contributed by atoms with E-state index in [0.29, 0.717) is 19.4 Å². The van der Waals surface area contributed by atoms with Crippen molar-refractivity contribution in [1.82, 2.24) is 20.1 Å². The Hall–Kier alpha value is -3.89. The topological polar surface area (TPSA) is 132 Å². The van der Waals surface area contributed by atoms with Crippen molar-refractivity contribution in [3.63, 3.8) is 0 Å². The van der Waals surface area contributed by atoms with E-state index in [4.69, 9.17) is 5.73 Å². The Morgan fingerprint density at radius 2 is 1.58 bits per heavy atom. The number of benzene rings is 2. The molecule has 9 heteroatoms. The van der Waals surface area contributed by atoms with Crippen molar-refractivity contribution in [1.29, 1.82) is 0 Å². The SMILES string of the molecule is C=CC.CCCCNC=O.NC(=O)C(Cc1ccccc1)C[C@H](O)CN1CCN(Cc2cccnc2)CC1.OC1Cc2ccccc2C1. The average Bonchev–Trinajstić information content (AvgIpc) is 3.48. The van der Waals surface area contributed by atoms with Gasteiger partial charge in [0, 0.05) is 64.1 Å². The summed E-state index contributed by atoms with van der Waals surface area (Å²) in [5.41, 5.74) is 10.5. The van der Waals surface area contributed by atoms with Crippen molar-refractivity contribution >= 4 is 12.3 Å². The maximum atomic E-state index is 11.8. The predicted octanol–water partition coefficient (Wildman–Crippen LogP) is 4.17. The second-order valence-corrected chi connectivity index (χ2v) is 12.3. The van der Waals surface area contributed by atoms with E-state index in [0.717, 1.165) is 76.9 Å². The first kappa shape index (κ1) is 40.3. The van der Waals surface area contributed by atoms with Gasteiger partial charge in [-0.15, -0.1) is 6.58 Å². The molecule has 1 aliphatic heterocycles. The van der Waals surface area contributed by atoms with Crippen molar-refractivity contribution in [3.05, 3.63) is 114 Å². The van der Waals surface area contributed by atoms with Crippen LogP contribution in [0.2, 0.25) is 0 Å². The fraction of sp³-hybridized carbons (Fsp3) is 0.462. The molecule has 2 aliphatic rings. The number of amides is 2. The average molecular weight is 660 g/mol. The first-order chi connectivity index (χ1) is 23.3. The van der Waals surface area contributed by atoms with Gasteiger partial charge in [-0.05, 0) is 67.3 Å². The second-order valence-electron chi connectivity index (χ2n) is 12.3. The maximum Gasteiger partial charge on any atom is 0.220 e. The highest BCUT2D eigenvalue weighted by Crippen LogP contribution is 2.21. The van der Waals surface area contributed by atoms with Crippen LogP contribution in [0.4, 0.5) is 0 Å². The van der Waals surface area contributed by atoms with Gasteiger partial charge in [0.25, 0.3) is 0 Å². The molecule has 5 rings (SSSR count). The van der Waals surface area contributed by atoms with Crippen molar-refractivity contribution in [2.45, 2.75) is 71.1 Å². The zero-order chi connectivity index (χ0) is 35.0. The summed E-state index contributed by atoms with van der Waals surface area (Å²) < 4.78 is 0. The zero-order valence-corrected chi connectivity index (χ0v) is 28.9. The van der Waals surface area contributed by atoms with Gasteiger partial charge in [0.15, 0.2) is 0 Å². The number of nitrogens with zero attached hydrogens (tertiary/aromatic N) is 3. The van der Waals surface area contributed by atoms with E-state index >= 15 is 0 Å². The van der Waals surface area contributed by atoms with Gasteiger partial charge in [-0.1, -0.05) is 80.1 Å². The summed E-state index contributed by atoms with van der Waals surface area (Å²) in [6.45, 7) is 13.4. The van der Waals surface area contributed by atoms with Crippen LogP contribution < -0.4 is 11.1 Å². The summed E-state index contributed by atoms with van der Waals surface area (Å²) in [6.07, 6.45) is 10.4. The highest BCUT2D eigenvalue weighted by atomic mass is 16.3. The Labute approximate surface area is 287 Å². The van der Waals surface area contributed by atoms with Crippen molar-refractivity contribution < 1.29 is 19.8 Å². The smallest absolute Gasteiger partial charge is 0.220 e. The zero-order valence-electron chi connectivity index (χ0n) is 28.9. The number of nitrogens with one attached hydrogen (secondary N) is 1. The normalized spacial score (nSPS) is 15.5. The summed E-state index contributed by atoms with van der Waals surface area (Å²) >= 11 is 0. The first-order valence-corrected chi connectivity index (χ1v) is 17.1. The van der Waals surface area contributed by atoms with Gasteiger partial charge in [0.2, 0.25) is 12.3 Å². The number of rotatable bonds is 13. The number of unbranched alkanes of at least 4 members (excludes halogenated alkanes) is 1. The number of piperazine rings is 1. The highest BCUT2D eigenvalue weighted by Gasteiger charge is 2.24. The summed E-state index contributed by atoms with van der Waals surface area (Å²) in [7, 11) is 0. The molecule has 3 aromatic rings. The molecule has 0 saturated carbocycles. The number of allylic oxidation sites excluding steroid dienone is 1. The summed E-state index contributed by atoms with van der Waals surface area (Å²) in [5, 5.41) is 22.3. The van der Waals surface area contributed by atoms with Gasteiger partial charge >= 0.3 is 0 Å². The maximum absolute atomic E-state index is 11.8. The van der Waals surface area contributed by atoms with Crippen LogP contribution >= 0.6 is 0 Å². The molecule has 2 amide bonds. The lowest BCUT2D eigenvalue weighted by Gasteiger charge is -2.35. The van der Waals surface area contributed by atoms with Crippen LogP contribution in [0.15, 0.2) is 91.8 Å². The van der Waals surface area contributed by atoms with Crippen LogP contribution in [-0.2, 0) is 35.4 Å². The molecule has 1 aliphatic carbocycles. The van der Waals surface area contributed by atoms with Crippen molar-refractivity contribution in [3.8, 4) is 0 Å². The number of fused-ring (bicyclic) bond motifs is 1. The van der Waals surface area contributed by atoms with Gasteiger partial charge in [-0.2, -0.15) is 0 Å². The molecule has 1 unspecified atom stereocenters. The number of aliphatic hydroxyl groups is 2. The van der Waals surface area contributed by atoms with Crippen LogP contribution in [0.1, 0.15) is 55.4 Å². The molecular weight excluding hydrogens is 602 g/mol. The van der Waals surface area contributed by atoms with Crippen LogP contribution in [-0.4, -0.2) is 88.8 Å². The van der Waals surface area contributed by atoms with Gasteiger partial charge in [0.1, 0.15) is 0 Å². The van der Waals surface area contributed by atoms with E-state index in [-0.39, 0.29) is 17.9 Å². The fourth-order valence-corrected chi connectivity index (χ4v) is 5.65. The monoisotopic (exact) mass is 659 g/mol. The van der Waals surface area contributed by atoms with Crippen LogP contribution in [0, 0.1) is 5.92 Å². The molecule has 0 radical (unpaired) electrons. The molecule has 0 spiro atoms. The number of β-amino-alcohol motifs (C(OH)–C–C–N with tert-alkyl or cyclic N) is 1. The number of pyridine rings is 1. The van der Waals surface area contributed by atoms with E-state index in [1.54, 1.807) is 12.3 Å². The lowest BCUT2D eigenvalue weighted by atomic mass is 9.93. The standard InChI is InChI=1S/C22H30N4O2.C9H10O.C5H11NO.C3H6/c23-22(28)20(13-18-5-2-1-3-6-18)14-21(27)17-26-11-9-25(10-12-26)16-19-7-4-8-24-15-19;10-9-5-7-3-1-2-4-8(7)6-9;1-2-3-4-6-5-7;1-3-2/h1-8,15,20-21,27H,9-14,16-17H2,(H2,23,28);1-4,9-10H,5-6H2;5H,2-4H2,1H3,(H,6,7);3H,1H2,2H3/t20?,21-;;;/m0.../s1. The molecule has 2 atom stereocenters. The minimum Gasteiger partial charge on any atom is -0.392 e. The van der Waals surface area contributed by atoms with E-state index in [1.165, 1.54) is 16.7 Å². The molecule has 9 nitrogen and oxygen atoms in total. The predicted molar refractivity (Wildman–Crippen MR) is 194 cm³/mol. The third-order valence-corrected chi connectivity index (χ3v) is 8.13. The van der Waals surface area contributed by atoms with Gasteiger partial charge < -0.3 is 21.3 Å². The summed E-state index contributed by atoms with van der Waals surface area (Å²) in [5.74, 6) is -0.687. The number of primary amides is 1. The van der Waals surface area contributed by atoms with E-state index in [2.05, 4.69) is 51.8 Å². The molecule has 2 heterocycles. The Balaban J connectivity index is 0.000000323. The largest absolute Gasteiger partial charge is 0.392 e. The highest BCUT2D eigenvalue weighted by molar-refractivity contribution is 5.77. The molecule has 262 valence electrons. The molecule has 5 N–H and O–H groups in total.